The summed E-state index contributed by atoms with van der Waals surface area (Å²) in [6.45, 7) is 0.358. The molecule has 2 aliphatic carbocycles. The van der Waals surface area contributed by atoms with Crippen LogP contribution in [-0.2, 0) is 0 Å². The second-order valence-electron chi connectivity index (χ2n) is 14.3. The van der Waals surface area contributed by atoms with Gasteiger partial charge in [-0.2, -0.15) is 0 Å². The van der Waals surface area contributed by atoms with Gasteiger partial charge in [0.05, 0.1) is 19.8 Å². The fourth-order valence-corrected chi connectivity index (χ4v) is 7.46. The van der Waals surface area contributed by atoms with Crippen molar-refractivity contribution in [2.75, 3.05) is 31.5 Å². The fourth-order valence-electron chi connectivity index (χ4n) is 7.46. The summed E-state index contributed by atoms with van der Waals surface area (Å²) in [5.74, 6) is 0.441. The average Bonchev–Trinajstić information content (AvgIpc) is 3.27. The first-order chi connectivity index (χ1) is 28.4. The van der Waals surface area contributed by atoms with Gasteiger partial charge in [-0.3, -0.25) is 9.59 Å². The molecule has 0 bridgehead atoms. The number of rotatable bonds is 15. The fraction of sp³-hybridized carbons (Fsp3) is 0.234. The molecule has 2 atom stereocenters. The van der Waals surface area contributed by atoms with Crippen LogP contribution in [0.25, 0.3) is 10.8 Å². The first-order valence-corrected chi connectivity index (χ1v) is 19.3. The summed E-state index contributed by atoms with van der Waals surface area (Å²) >= 11 is 0. The van der Waals surface area contributed by atoms with Crippen molar-refractivity contribution in [2.45, 2.75) is 50.6 Å². The van der Waals surface area contributed by atoms with E-state index >= 15 is 0 Å². The van der Waals surface area contributed by atoms with E-state index in [1.54, 1.807) is 54.6 Å². The molecule has 5 aromatic rings. The van der Waals surface area contributed by atoms with Gasteiger partial charge >= 0.3 is 0 Å². The Kier molecular flexibility index (Phi) is 12.5. The van der Waals surface area contributed by atoms with Gasteiger partial charge in [-0.05, 0) is 102 Å². The lowest BCUT2D eigenvalue weighted by Crippen LogP contribution is -2.15. The highest BCUT2D eigenvalue weighted by Gasteiger charge is 2.24. The van der Waals surface area contributed by atoms with E-state index in [0.717, 1.165) is 55.0 Å². The predicted molar refractivity (Wildman–Crippen MR) is 227 cm³/mol. The molecule has 11 heteroatoms. The minimum absolute atomic E-state index is 0.285. The second kappa shape index (κ2) is 18.4. The van der Waals surface area contributed by atoms with Crippen LogP contribution < -0.4 is 24.8 Å². The molecule has 0 saturated carbocycles. The summed E-state index contributed by atoms with van der Waals surface area (Å²) in [5, 5.41) is 14.1. The SMILES string of the molecule is COc1cc(NC(=O)c2cc3cc(C(=O)Nc4ccc(C(N=O)c5ccccc5)c(OC)c4)ccc3cc2OCC2=CCCCC2)ccc1C(N=O)C1=CC=CCC1. The minimum Gasteiger partial charge on any atom is -0.496 e. The van der Waals surface area contributed by atoms with Crippen molar-refractivity contribution in [1.82, 2.24) is 0 Å². The molecule has 0 radical (unpaired) electrons. The van der Waals surface area contributed by atoms with E-state index in [1.165, 1.54) is 19.8 Å². The number of nitrogens with zero attached hydrogens (tertiary/aromatic N) is 2. The van der Waals surface area contributed by atoms with Gasteiger partial charge in [-0.15, -0.1) is 9.81 Å². The lowest BCUT2D eigenvalue weighted by atomic mass is 9.92. The van der Waals surface area contributed by atoms with E-state index in [1.807, 2.05) is 60.7 Å². The topological polar surface area (TPSA) is 145 Å². The maximum atomic E-state index is 14.1. The maximum absolute atomic E-state index is 14.1. The Morgan fingerprint density at radius 3 is 2.03 bits per heavy atom. The number of benzene rings is 5. The van der Waals surface area contributed by atoms with Gasteiger partial charge in [0.15, 0.2) is 0 Å². The zero-order valence-corrected chi connectivity index (χ0v) is 32.4. The van der Waals surface area contributed by atoms with Gasteiger partial charge in [0.2, 0.25) is 0 Å². The molecule has 2 amide bonds. The molecule has 7 rings (SSSR count). The van der Waals surface area contributed by atoms with Crippen molar-refractivity contribution in [1.29, 1.82) is 0 Å². The minimum atomic E-state index is -0.781. The largest absolute Gasteiger partial charge is 0.496 e. The zero-order chi connectivity index (χ0) is 40.4. The number of hydrogen-bond donors (Lipinski definition) is 2. The van der Waals surface area contributed by atoms with Crippen LogP contribution in [0.1, 0.15) is 88.0 Å². The monoisotopic (exact) mass is 776 g/mol. The smallest absolute Gasteiger partial charge is 0.259 e. The molecule has 0 aromatic heterocycles. The van der Waals surface area contributed by atoms with Gasteiger partial charge in [0, 0.05) is 40.2 Å². The first kappa shape index (κ1) is 39.4. The molecule has 0 aliphatic heterocycles. The Balaban J connectivity index is 1.16. The standard InChI is InChI=1S/C47H44N4O7/c1-56-41-27-36(20-22-38(41)44(50-54)31-14-8-4-9-15-31)48-46(52)34-19-18-33-26-43(58-29-30-12-6-3-7-13-30)40(25-35(33)24-34)47(53)49-37-21-23-39(42(28-37)57-2)45(51-55)32-16-10-5-11-17-32/h4-5,8-10,12,14-16,18-28,44-45H,3,6-7,11,13,17,29H2,1-2H3,(H,48,52)(H,49,53). The van der Waals surface area contributed by atoms with Crippen molar-refractivity contribution in [3.8, 4) is 17.2 Å². The second-order valence-corrected chi connectivity index (χ2v) is 14.3. The number of nitroso groups, excluding NO2 is 2. The van der Waals surface area contributed by atoms with Gasteiger partial charge in [0.1, 0.15) is 35.9 Å². The highest BCUT2D eigenvalue weighted by molar-refractivity contribution is 6.10. The predicted octanol–water partition coefficient (Wildman–Crippen LogP) is 11.2. The summed E-state index contributed by atoms with van der Waals surface area (Å²) in [4.78, 5) is 51.7. The summed E-state index contributed by atoms with van der Waals surface area (Å²) in [6, 6.07) is 26.7. The van der Waals surface area contributed by atoms with Crippen LogP contribution in [0.15, 0.2) is 143 Å². The third-order valence-electron chi connectivity index (χ3n) is 10.5. The Bertz CT molecular complexity index is 2440. The summed E-state index contributed by atoms with van der Waals surface area (Å²) in [7, 11) is 3.02. The molecule has 0 fully saturated rings. The molecule has 0 heterocycles. The number of methoxy groups -OCH3 is 2. The quantitative estimate of drug-likeness (QED) is 0.0795. The van der Waals surface area contributed by atoms with Crippen LogP contribution in [0.3, 0.4) is 0 Å². The molecule has 0 spiro atoms. The van der Waals surface area contributed by atoms with Crippen molar-refractivity contribution in [3.63, 3.8) is 0 Å². The highest BCUT2D eigenvalue weighted by Crippen LogP contribution is 2.39. The summed E-state index contributed by atoms with van der Waals surface area (Å²) in [6.07, 6.45) is 13.8. The van der Waals surface area contributed by atoms with Crippen LogP contribution in [-0.4, -0.2) is 32.6 Å². The normalized spacial score (nSPS) is 14.7. The van der Waals surface area contributed by atoms with Crippen molar-refractivity contribution in [2.24, 2.45) is 10.4 Å². The number of anilines is 2. The van der Waals surface area contributed by atoms with Crippen LogP contribution in [0.4, 0.5) is 11.4 Å². The highest BCUT2D eigenvalue weighted by atomic mass is 16.5. The van der Waals surface area contributed by atoms with E-state index < -0.39 is 18.0 Å². The summed E-state index contributed by atoms with van der Waals surface area (Å²) in [5.41, 5.74) is 5.57. The lowest BCUT2D eigenvalue weighted by molar-refractivity contribution is 0.101. The first-order valence-electron chi connectivity index (χ1n) is 19.3. The van der Waals surface area contributed by atoms with Crippen LogP contribution in [0.5, 0.6) is 17.2 Å². The molecular formula is C47H44N4O7. The average molecular weight is 777 g/mol. The van der Waals surface area contributed by atoms with Gasteiger partial charge in [-0.25, -0.2) is 0 Å². The van der Waals surface area contributed by atoms with Crippen molar-refractivity contribution >= 4 is 34.0 Å². The molecular weight excluding hydrogens is 733 g/mol. The third kappa shape index (κ3) is 8.89. The van der Waals surface area contributed by atoms with E-state index in [4.69, 9.17) is 14.2 Å². The Hall–Kier alpha value is -6.88. The van der Waals surface area contributed by atoms with Crippen LogP contribution in [0, 0.1) is 9.81 Å². The number of hydrogen-bond acceptors (Lipinski definition) is 9. The molecule has 5 aromatic carbocycles. The number of nitrogens with one attached hydrogen (secondary N) is 2. The number of carbonyl (C=O) groups excluding carboxylic acids is 2. The molecule has 58 heavy (non-hydrogen) atoms. The van der Waals surface area contributed by atoms with Gasteiger partial charge in [-0.1, -0.05) is 83.2 Å². The van der Waals surface area contributed by atoms with Gasteiger partial charge in [0.25, 0.3) is 11.8 Å². The number of carbonyl (C=O) groups is 2. The number of allylic oxidation sites excluding steroid dienone is 4. The Morgan fingerprint density at radius 1 is 0.690 bits per heavy atom. The van der Waals surface area contributed by atoms with Crippen molar-refractivity contribution < 1.29 is 23.8 Å². The van der Waals surface area contributed by atoms with E-state index in [-0.39, 0.29) is 11.5 Å². The van der Waals surface area contributed by atoms with E-state index in [9.17, 15) is 19.4 Å². The molecule has 0 saturated heterocycles. The Morgan fingerprint density at radius 2 is 1.40 bits per heavy atom. The number of fused-ring (bicyclic) bond motifs is 1. The third-order valence-corrected chi connectivity index (χ3v) is 10.5. The van der Waals surface area contributed by atoms with E-state index in [0.29, 0.717) is 57.3 Å². The molecule has 2 unspecified atom stereocenters. The molecule has 2 N–H and O–H groups in total. The number of ether oxygens (including phenoxy) is 3. The molecule has 2 aliphatic rings. The Labute approximate surface area is 336 Å². The van der Waals surface area contributed by atoms with E-state index in [2.05, 4.69) is 27.1 Å². The molecule has 11 nitrogen and oxygen atoms in total. The van der Waals surface area contributed by atoms with Crippen LogP contribution in [0.2, 0.25) is 0 Å². The lowest BCUT2D eigenvalue weighted by Gasteiger charge is -2.19. The molecule has 294 valence electrons. The maximum Gasteiger partial charge on any atom is 0.259 e. The zero-order valence-electron chi connectivity index (χ0n) is 32.4. The summed E-state index contributed by atoms with van der Waals surface area (Å²) < 4.78 is 17.6. The number of amides is 2. The van der Waals surface area contributed by atoms with Crippen molar-refractivity contribution in [3.05, 3.63) is 170 Å². The van der Waals surface area contributed by atoms with Gasteiger partial charge < -0.3 is 24.8 Å². The van der Waals surface area contributed by atoms with Crippen LogP contribution >= 0.6 is 0 Å².